The lowest BCUT2D eigenvalue weighted by Crippen LogP contribution is -2.15. The van der Waals surface area contributed by atoms with Gasteiger partial charge in [0.15, 0.2) is 0 Å². The molecular formula is C13H9ClO3. The van der Waals surface area contributed by atoms with Crippen molar-refractivity contribution in [3.63, 3.8) is 0 Å². The first-order chi connectivity index (χ1) is 8.15. The number of Topliss-reactive ketones (excluding diaryl/α,β-unsaturated/α-hetero) is 1. The van der Waals surface area contributed by atoms with Crippen molar-refractivity contribution in [3.05, 3.63) is 47.0 Å². The first-order valence-corrected chi connectivity index (χ1v) is 5.33. The predicted octanol–water partition coefficient (Wildman–Crippen LogP) is 2.85. The first kappa shape index (κ1) is 11.6. The summed E-state index contributed by atoms with van der Waals surface area (Å²) in [6, 6.07) is 10.3. The van der Waals surface area contributed by atoms with E-state index in [1.807, 2.05) is 6.07 Å². The monoisotopic (exact) mass is 248 g/mol. The van der Waals surface area contributed by atoms with E-state index in [2.05, 4.69) is 4.74 Å². The summed E-state index contributed by atoms with van der Waals surface area (Å²) < 4.78 is 4.42. The van der Waals surface area contributed by atoms with E-state index in [1.165, 1.54) is 13.2 Å². The summed E-state index contributed by atoms with van der Waals surface area (Å²) in [5.74, 6) is -1.54. The Labute approximate surface area is 103 Å². The van der Waals surface area contributed by atoms with Gasteiger partial charge in [-0.3, -0.25) is 4.79 Å². The molecule has 0 fully saturated rings. The van der Waals surface area contributed by atoms with Crippen molar-refractivity contribution in [1.29, 1.82) is 0 Å². The minimum Gasteiger partial charge on any atom is -0.463 e. The zero-order chi connectivity index (χ0) is 12.4. The number of ether oxygens (including phenoxy) is 1. The topological polar surface area (TPSA) is 43.4 Å². The summed E-state index contributed by atoms with van der Waals surface area (Å²) in [4.78, 5) is 23.0. The number of halogens is 1. The molecule has 4 heteroatoms. The van der Waals surface area contributed by atoms with Crippen LogP contribution in [0.5, 0.6) is 0 Å². The van der Waals surface area contributed by atoms with Crippen LogP contribution in [0.25, 0.3) is 10.8 Å². The minimum atomic E-state index is -0.877. The number of carbonyl (C=O) groups is 2. The summed E-state index contributed by atoms with van der Waals surface area (Å²) in [6.45, 7) is 0. The van der Waals surface area contributed by atoms with E-state index < -0.39 is 11.8 Å². The molecule has 0 aliphatic carbocycles. The number of hydrogen-bond donors (Lipinski definition) is 0. The Hall–Kier alpha value is -1.87. The molecule has 2 aromatic rings. The summed E-state index contributed by atoms with van der Waals surface area (Å²) in [6.07, 6.45) is 0. The second-order valence-corrected chi connectivity index (χ2v) is 3.87. The molecule has 3 nitrogen and oxygen atoms in total. The maximum absolute atomic E-state index is 11.8. The van der Waals surface area contributed by atoms with E-state index in [4.69, 9.17) is 11.6 Å². The number of esters is 1. The van der Waals surface area contributed by atoms with E-state index in [0.717, 1.165) is 5.39 Å². The number of rotatable bonds is 2. The van der Waals surface area contributed by atoms with Gasteiger partial charge in [0.2, 0.25) is 0 Å². The Morgan fingerprint density at radius 3 is 2.35 bits per heavy atom. The summed E-state index contributed by atoms with van der Waals surface area (Å²) in [5, 5.41) is 1.93. The molecule has 0 saturated heterocycles. The largest absolute Gasteiger partial charge is 0.463 e. The summed E-state index contributed by atoms with van der Waals surface area (Å²) >= 11 is 6.02. The van der Waals surface area contributed by atoms with Gasteiger partial charge in [0.1, 0.15) is 0 Å². The van der Waals surface area contributed by atoms with Gasteiger partial charge >= 0.3 is 5.97 Å². The lowest BCUT2D eigenvalue weighted by Gasteiger charge is -2.05. The van der Waals surface area contributed by atoms with Crippen LogP contribution in [0.4, 0.5) is 0 Å². The van der Waals surface area contributed by atoms with Crippen LogP contribution in [0.1, 0.15) is 10.4 Å². The molecule has 0 amide bonds. The lowest BCUT2D eigenvalue weighted by atomic mass is 10.0. The molecule has 17 heavy (non-hydrogen) atoms. The summed E-state index contributed by atoms with van der Waals surface area (Å²) in [5.41, 5.74) is 0.303. The van der Waals surface area contributed by atoms with Crippen molar-refractivity contribution in [2.45, 2.75) is 0 Å². The van der Waals surface area contributed by atoms with Crippen LogP contribution in [0.15, 0.2) is 36.4 Å². The number of fused-ring (bicyclic) bond motifs is 1. The van der Waals surface area contributed by atoms with Gasteiger partial charge in [0.05, 0.1) is 7.11 Å². The molecule has 0 radical (unpaired) electrons. The lowest BCUT2D eigenvalue weighted by molar-refractivity contribution is -0.135. The molecule has 0 saturated carbocycles. The van der Waals surface area contributed by atoms with Crippen molar-refractivity contribution >= 4 is 34.1 Å². The number of hydrogen-bond acceptors (Lipinski definition) is 3. The van der Waals surface area contributed by atoms with Gasteiger partial charge in [0, 0.05) is 16.0 Å². The standard InChI is InChI=1S/C13H9ClO3/c1-17-13(16)12(15)10-6-7-11(14)9-5-3-2-4-8(9)10/h2-7H,1H3. The van der Waals surface area contributed by atoms with Gasteiger partial charge in [-0.15, -0.1) is 0 Å². The fourth-order valence-electron chi connectivity index (χ4n) is 1.66. The van der Waals surface area contributed by atoms with E-state index in [9.17, 15) is 9.59 Å². The SMILES string of the molecule is COC(=O)C(=O)c1ccc(Cl)c2ccccc12. The maximum Gasteiger partial charge on any atom is 0.379 e. The fraction of sp³-hybridized carbons (Fsp3) is 0.0769. The molecule has 0 bridgehead atoms. The van der Waals surface area contributed by atoms with Crippen molar-refractivity contribution in [2.24, 2.45) is 0 Å². The third-order valence-corrected chi connectivity index (χ3v) is 2.82. The van der Waals surface area contributed by atoms with Crippen molar-refractivity contribution in [2.75, 3.05) is 7.11 Å². The predicted molar refractivity (Wildman–Crippen MR) is 65.3 cm³/mol. The zero-order valence-corrected chi connectivity index (χ0v) is 9.82. The van der Waals surface area contributed by atoms with E-state index in [-0.39, 0.29) is 0 Å². The highest BCUT2D eigenvalue weighted by Gasteiger charge is 2.19. The van der Waals surface area contributed by atoms with E-state index in [0.29, 0.717) is 16.0 Å². The van der Waals surface area contributed by atoms with Crippen LogP contribution in [0, 0.1) is 0 Å². The average Bonchev–Trinajstić information content (AvgIpc) is 2.38. The molecule has 0 atom stereocenters. The molecule has 0 N–H and O–H groups in total. The Balaban J connectivity index is 2.67. The van der Waals surface area contributed by atoms with Crippen LogP contribution in [0.3, 0.4) is 0 Å². The Morgan fingerprint density at radius 1 is 1.06 bits per heavy atom. The van der Waals surface area contributed by atoms with Crippen molar-refractivity contribution in [1.82, 2.24) is 0 Å². The van der Waals surface area contributed by atoms with Crippen molar-refractivity contribution < 1.29 is 14.3 Å². The highest BCUT2D eigenvalue weighted by molar-refractivity contribution is 6.44. The molecule has 0 heterocycles. The first-order valence-electron chi connectivity index (χ1n) is 4.95. The zero-order valence-electron chi connectivity index (χ0n) is 9.07. The van der Waals surface area contributed by atoms with Gasteiger partial charge in [0.25, 0.3) is 5.78 Å². The number of benzene rings is 2. The van der Waals surface area contributed by atoms with E-state index >= 15 is 0 Å². The third-order valence-electron chi connectivity index (χ3n) is 2.49. The van der Waals surface area contributed by atoms with Crippen molar-refractivity contribution in [3.8, 4) is 0 Å². The Kier molecular flexibility index (Phi) is 3.11. The molecule has 0 unspecified atom stereocenters. The van der Waals surface area contributed by atoms with Crippen LogP contribution in [0.2, 0.25) is 5.02 Å². The smallest absolute Gasteiger partial charge is 0.379 e. The molecule has 0 aromatic heterocycles. The summed E-state index contributed by atoms with van der Waals surface area (Å²) in [7, 11) is 1.18. The maximum atomic E-state index is 11.8. The number of carbonyl (C=O) groups excluding carboxylic acids is 2. The second-order valence-electron chi connectivity index (χ2n) is 3.46. The number of methoxy groups -OCH3 is 1. The molecule has 86 valence electrons. The molecule has 2 aromatic carbocycles. The number of ketones is 1. The van der Waals surface area contributed by atoms with Gasteiger partial charge in [-0.1, -0.05) is 35.9 Å². The van der Waals surface area contributed by atoms with Gasteiger partial charge in [-0.25, -0.2) is 4.79 Å². The molecule has 0 aliphatic rings. The highest BCUT2D eigenvalue weighted by Crippen LogP contribution is 2.26. The second kappa shape index (κ2) is 4.55. The van der Waals surface area contributed by atoms with E-state index in [1.54, 1.807) is 24.3 Å². The molecular weight excluding hydrogens is 240 g/mol. The normalized spacial score (nSPS) is 10.2. The minimum absolute atomic E-state index is 0.303. The van der Waals surface area contributed by atoms with Crippen LogP contribution < -0.4 is 0 Å². The quantitative estimate of drug-likeness (QED) is 0.466. The fourth-order valence-corrected chi connectivity index (χ4v) is 1.89. The van der Waals surface area contributed by atoms with Gasteiger partial charge in [-0.2, -0.15) is 0 Å². The third kappa shape index (κ3) is 2.01. The molecule has 0 aliphatic heterocycles. The van der Waals surface area contributed by atoms with Gasteiger partial charge < -0.3 is 4.74 Å². The van der Waals surface area contributed by atoms with Crippen LogP contribution in [-0.2, 0) is 9.53 Å². The Bertz CT molecular complexity index is 605. The average molecular weight is 249 g/mol. The molecule has 2 rings (SSSR count). The van der Waals surface area contributed by atoms with Crippen LogP contribution in [-0.4, -0.2) is 18.9 Å². The Morgan fingerprint density at radius 2 is 1.71 bits per heavy atom. The van der Waals surface area contributed by atoms with Crippen LogP contribution >= 0.6 is 11.6 Å². The molecule has 0 spiro atoms. The van der Waals surface area contributed by atoms with Gasteiger partial charge in [-0.05, 0) is 17.5 Å². The highest BCUT2D eigenvalue weighted by atomic mass is 35.5.